The van der Waals surface area contributed by atoms with E-state index in [0.717, 1.165) is 38.9 Å². The molecule has 0 heterocycles. The van der Waals surface area contributed by atoms with Gasteiger partial charge in [0.25, 0.3) is 0 Å². The van der Waals surface area contributed by atoms with Gasteiger partial charge in [-0.25, -0.2) is 0 Å². The van der Waals surface area contributed by atoms with Crippen molar-refractivity contribution in [2.75, 3.05) is 19.6 Å². The summed E-state index contributed by atoms with van der Waals surface area (Å²) in [5.41, 5.74) is 5.08. The lowest BCUT2D eigenvalue weighted by molar-refractivity contribution is -0.144. The molecule has 4 nitrogen and oxygen atoms in total. The third-order valence-corrected chi connectivity index (χ3v) is 4.13. The van der Waals surface area contributed by atoms with E-state index in [-0.39, 0.29) is 5.92 Å². The summed E-state index contributed by atoms with van der Waals surface area (Å²) in [5.74, 6) is -0.0382. The Morgan fingerprint density at radius 1 is 1.56 bits per heavy atom. The van der Waals surface area contributed by atoms with Crippen molar-refractivity contribution in [2.24, 2.45) is 17.6 Å². The molecule has 1 fully saturated rings. The molecule has 1 aliphatic rings. The summed E-state index contributed by atoms with van der Waals surface area (Å²) < 4.78 is 0. The molecule has 0 amide bonds. The summed E-state index contributed by atoms with van der Waals surface area (Å²) in [6.07, 6.45) is 3.44. The number of nitrogens with two attached hydrogens (primary N) is 1. The molecule has 0 bridgehead atoms. The smallest absolute Gasteiger partial charge is 0.323 e. The first kappa shape index (κ1) is 15.4. The standard InChI is InChI=1S/C14H28N2O2/c1-4-16(10-11(2)3)9-7-12-6-5-8-14(12,15)13(17)18/h11-12H,4-10,15H2,1-3H3,(H,17,18). The van der Waals surface area contributed by atoms with Crippen LogP contribution in [0.15, 0.2) is 0 Å². The maximum absolute atomic E-state index is 11.3. The van der Waals surface area contributed by atoms with E-state index >= 15 is 0 Å². The highest BCUT2D eigenvalue weighted by Gasteiger charge is 2.45. The minimum Gasteiger partial charge on any atom is -0.480 e. The highest BCUT2D eigenvalue weighted by atomic mass is 16.4. The Labute approximate surface area is 111 Å². The third-order valence-electron chi connectivity index (χ3n) is 4.13. The summed E-state index contributed by atoms with van der Waals surface area (Å²) >= 11 is 0. The van der Waals surface area contributed by atoms with Crippen molar-refractivity contribution in [2.45, 2.75) is 52.0 Å². The van der Waals surface area contributed by atoms with Gasteiger partial charge in [-0.05, 0) is 44.2 Å². The van der Waals surface area contributed by atoms with E-state index in [2.05, 4.69) is 25.7 Å². The molecule has 1 rings (SSSR count). The van der Waals surface area contributed by atoms with Crippen LogP contribution in [0.1, 0.15) is 46.5 Å². The molecular formula is C14H28N2O2. The summed E-state index contributed by atoms with van der Waals surface area (Å²) in [6, 6.07) is 0. The number of carboxylic acid groups (broad SMARTS) is 1. The van der Waals surface area contributed by atoms with Crippen molar-refractivity contribution in [1.82, 2.24) is 4.90 Å². The first-order valence-corrected chi connectivity index (χ1v) is 7.14. The van der Waals surface area contributed by atoms with Gasteiger partial charge in [-0.15, -0.1) is 0 Å². The van der Waals surface area contributed by atoms with E-state index in [1.165, 1.54) is 0 Å². The quantitative estimate of drug-likeness (QED) is 0.730. The normalized spacial score (nSPS) is 28.2. The number of rotatable bonds is 7. The molecule has 3 N–H and O–H groups in total. The largest absolute Gasteiger partial charge is 0.480 e. The van der Waals surface area contributed by atoms with E-state index in [1.807, 2.05) is 0 Å². The van der Waals surface area contributed by atoms with Crippen LogP contribution in [-0.4, -0.2) is 41.1 Å². The molecule has 1 saturated carbocycles. The van der Waals surface area contributed by atoms with Gasteiger partial charge in [0, 0.05) is 6.54 Å². The second-order valence-corrected chi connectivity index (χ2v) is 6.01. The monoisotopic (exact) mass is 256 g/mol. The molecular weight excluding hydrogens is 228 g/mol. The van der Waals surface area contributed by atoms with Crippen LogP contribution in [0.2, 0.25) is 0 Å². The van der Waals surface area contributed by atoms with Crippen LogP contribution in [0.3, 0.4) is 0 Å². The predicted octanol–water partition coefficient (Wildman–Crippen LogP) is 1.94. The van der Waals surface area contributed by atoms with E-state index < -0.39 is 11.5 Å². The summed E-state index contributed by atoms with van der Waals surface area (Å²) in [6.45, 7) is 9.64. The van der Waals surface area contributed by atoms with Gasteiger partial charge < -0.3 is 15.7 Å². The van der Waals surface area contributed by atoms with Crippen LogP contribution < -0.4 is 5.73 Å². The van der Waals surface area contributed by atoms with Crippen molar-refractivity contribution in [3.8, 4) is 0 Å². The van der Waals surface area contributed by atoms with Gasteiger partial charge in [0.1, 0.15) is 5.54 Å². The van der Waals surface area contributed by atoms with Gasteiger partial charge in [0.05, 0.1) is 0 Å². The second-order valence-electron chi connectivity index (χ2n) is 6.01. The van der Waals surface area contributed by atoms with E-state index in [1.54, 1.807) is 0 Å². The number of carbonyl (C=O) groups is 1. The molecule has 106 valence electrons. The SMILES string of the molecule is CCN(CCC1CCCC1(N)C(=O)O)CC(C)C. The highest BCUT2D eigenvalue weighted by Crippen LogP contribution is 2.36. The van der Waals surface area contributed by atoms with Crippen LogP contribution in [0.5, 0.6) is 0 Å². The number of hydrogen-bond donors (Lipinski definition) is 2. The van der Waals surface area contributed by atoms with Crippen molar-refractivity contribution < 1.29 is 9.90 Å². The van der Waals surface area contributed by atoms with Crippen LogP contribution in [-0.2, 0) is 4.79 Å². The van der Waals surface area contributed by atoms with Gasteiger partial charge in [-0.2, -0.15) is 0 Å². The van der Waals surface area contributed by atoms with Crippen molar-refractivity contribution >= 4 is 5.97 Å². The first-order chi connectivity index (χ1) is 8.40. The zero-order valence-corrected chi connectivity index (χ0v) is 12.0. The fourth-order valence-electron chi connectivity index (χ4n) is 3.02. The topological polar surface area (TPSA) is 66.6 Å². The lowest BCUT2D eigenvalue weighted by atomic mass is 9.85. The predicted molar refractivity (Wildman–Crippen MR) is 73.5 cm³/mol. The van der Waals surface area contributed by atoms with Gasteiger partial charge >= 0.3 is 5.97 Å². The fourth-order valence-corrected chi connectivity index (χ4v) is 3.02. The molecule has 4 heteroatoms. The summed E-state index contributed by atoms with van der Waals surface area (Å²) in [4.78, 5) is 13.7. The van der Waals surface area contributed by atoms with Crippen molar-refractivity contribution in [1.29, 1.82) is 0 Å². The Hall–Kier alpha value is -0.610. The zero-order chi connectivity index (χ0) is 13.8. The zero-order valence-electron chi connectivity index (χ0n) is 12.0. The minimum atomic E-state index is -0.975. The molecule has 0 aromatic rings. The van der Waals surface area contributed by atoms with Crippen LogP contribution in [0.4, 0.5) is 0 Å². The minimum absolute atomic E-state index is 0.135. The molecule has 1 aliphatic carbocycles. The van der Waals surface area contributed by atoms with Gasteiger partial charge in [-0.1, -0.05) is 27.2 Å². The maximum Gasteiger partial charge on any atom is 0.323 e. The summed E-state index contributed by atoms with van der Waals surface area (Å²) in [7, 11) is 0. The van der Waals surface area contributed by atoms with Crippen LogP contribution >= 0.6 is 0 Å². The Morgan fingerprint density at radius 2 is 2.22 bits per heavy atom. The molecule has 0 saturated heterocycles. The summed E-state index contributed by atoms with van der Waals surface area (Å²) in [5, 5.41) is 9.27. The van der Waals surface area contributed by atoms with Crippen molar-refractivity contribution in [3.05, 3.63) is 0 Å². The maximum atomic E-state index is 11.3. The molecule has 0 aromatic carbocycles. The Morgan fingerprint density at radius 3 is 2.72 bits per heavy atom. The molecule has 2 atom stereocenters. The van der Waals surface area contributed by atoms with E-state index in [9.17, 15) is 9.90 Å². The second kappa shape index (κ2) is 6.53. The van der Waals surface area contributed by atoms with Crippen LogP contribution in [0.25, 0.3) is 0 Å². The van der Waals surface area contributed by atoms with Gasteiger partial charge in [-0.3, -0.25) is 4.79 Å². The van der Waals surface area contributed by atoms with Crippen LogP contribution in [0, 0.1) is 11.8 Å². The molecule has 2 unspecified atom stereocenters. The van der Waals surface area contributed by atoms with Gasteiger partial charge in [0.15, 0.2) is 0 Å². The number of hydrogen-bond acceptors (Lipinski definition) is 3. The van der Waals surface area contributed by atoms with E-state index in [4.69, 9.17) is 5.73 Å². The van der Waals surface area contributed by atoms with Crippen molar-refractivity contribution in [3.63, 3.8) is 0 Å². The molecule has 18 heavy (non-hydrogen) atoms. The lowest BCUT2D eigenvalue weighted by Gasteiger charge is -2.30. The lowest BCUT2D eigenvalue weighted by Crippen LogP contribution is -2.51. The first-order valence-electron chi connectivity index (χ1n) is 7.14. The Bertz CT molecular complexity index is 281. The molecule has 0 aromatic heterocycles. The number of aliphatic carboxylic acids is 1. The average molecular weight is 256 g/mol. The Kier molecular flexibility index (Phi) is 5.60. The number of carboxylic acids is 1. The molecule has 0 radical (unpaired) electrons. The van der Waals surface area contributed by atoms with Gasteiger partial charge in [0.2, 0.25) is 0 Å². The average Bonchev–Trinajstić information content (AvgIpc) is 2.67. The fraction of sp³-hybridized carbons (Fsp3) is 0.929. The highest BCUT2D eigenvalue weighted by molar-refractivity contribution is 5.79. The van der Waals surface area contributed by atoms with E-state index in [0.29, 0.717) is 12.3 Å². The third kappa shape index (κ3) is 3.69. The molecule has 0 spiro atoms. The Balaban J connectivity index is 2.49. The number of nitrogens with zero attached hydrogens (tertiary/aromatic N) is 1. The molecule has 0 aliphatic heterocycles.